The minimum absolute atomic E-state index is 0.0338. The number of allylic oxidation sites excluding steroid dienone is 1. The molecule has 0 spiro atoms. The number of nitrogens with zero attached hydrogens (tertiary/aromatic N) is 2. The number of likely N-dealkylation sites (tertiary alicyclic amines) is 1. The maximum absolute atomic E-state index is 14.6. The molecule has 396 valence electrons. The van der Waals surface area contributed by atoms with Gasteiger partial charge in [0.05, 0.1) is 19.2 Å². The van der Waals surface area contributed by atoms with Crippen LogP contribution in [0.3, 0.4) is 0 Å². The highest BCUT2D eigenvalue weighted by atomic mass is 16.5. The molecule has 14 nitrogen and oxygen atoms in total. The molecule has 4 atom stereocenters. The normalized spacial score (nSPS) is 16.3. The fourth-order valence-corrected chi connectivity index (χ4v) is 10.3. The summed E-state index contributed by atoms with van der Waals surface area (Å²) in [5.74, 6) is -1.46. The minimum atomic E-state index is -1.09. The second-order valence-electron chi connectivity index (χ2n) is 19.5. The molecule has 0 unspecified atom stereocenters. The number of carbonyl (C=O) groups excluding carboxylic acids is 5. The van der Waals surface area contributed by atoms with Gasteiger partial charge in [0.15, 0.2) is 0 Å². The number of phenols is 1. The number of phenolic OH excluding ortho intramolecular Hbond substituents is 1. The Labute approximate surface area is 442 Å². The van der Waals surface area contributed by atoms with E-state index in [0.717, 1.165) is 71.9 Å². The van der Waals surface area contributed by atoms with Crippen LogP contribution in [-0.2, 0) is 28.7 Å². The van der Waals surface area contributed by atoms with Gasteiger partial charge in [0.25, 0.3) is 0 Å². The third-order valence-electron chi connectivity index (χ3n) is 14.5. The summed E-state index contributed by atoms with van der Waals surface area (Å²) in [5, 5.41) is 22.1. The van der Waals surface area contributed by atoms with Gasteiger partial charge < -0.3 is 45.6 Å². The molecular formula is C61H74N6O8. The van der Waals surface area contributed by atoms with Gasteiger partial charge in [-0.05, 0) is 115 Å². The Hall–Kier alpha value is -7.29. The first kappa shape index (κ1) is 55.5. The number of hydrogen-bond acceptors (Lipinski definition) is 9. The first-order valence-corrected chi connectivity index (χ1v) is 26.6. The SMILES string of the molecule is CC/C(=C(\c1ccc(O)cc1)c1ccc(OCCN(C)C(=O)COCCNC(=O)[C@@H](NC(=O)[C@@H]2CCCN2C(=O)[C@@H](NC(=O)[C@H](C)NC)C2CCCCC2)C(c2ccccc2)c2ccccc2)cc1)c1ccccc1. The van der Waals surface area contributed by atoms with Crippen LogP contribution in [0, 0.1) is 5.92 Å². The quantitative estimate of drug-likeness (QED) is 0.0306. The smallest absolute Gasteiger partial charge is 0.248 e. The highest BCUT2D eigenvalue weighted by molar-refractivity contribution is 5.99. The highest BCUT2D eigenvalue weighted by Crippen LogP contribution is 2.36. The van der Waals surface area contributed by atoms with Crippen LogP contribution in [-0.4, -0.2) is 122 Å². The van der Waals surface area contributed by atoms with Crippen molar-refractivity contribution in [2.75, 3.05) is 53.6 Å². The number of hydrogen-bond donors (Lipinski definition) is 5. The highest BCUT2D eigenvalue weighted by Gasteiger charge is 2.43. The van der Waals surface area contributed by atoms with Crippen LogP contribution >= 0.6 is 0 Å². The summed E-state index contributed by atoms with van der Waals surface area (Å²) in [4.78, 5) is 73.1. The molecule has 75 heavy (non-hydrogen) atoms. The summed E-state index contributed by atoms with van der Waals surface area (Å²) in [6, 6.07) is 41.2. The number of nitrogens with one attached hydrogen (secondary N) is 4. The molecule has 1 heterocycles. The summed E-state index contributed by atoms with van der Waals surface area (Å²) in [7, 11) is 3.38. The van der Waals surface area contributed by atoms with Crippen LogP contribution in [0.2, 0.25) is 0 Å². The Morgan fingerprint density at radius 2 is 1.31 bits per heavy atom. The van der Waals surface area contributed by atoms with Crippen molar-refractivity contribution in [3.05, 3.63) is 167 Å². The molecule has 2 fully saturated rings. The molecule has 0 radical (unpaired) electrons. The van der Waals surface area contributed by atoms with Gasteiger partial charge in [-0.1, -0.05) is 141 Å². The molecule has 1 aliphatic heterocycles. The number of benzene rings is 5. The molecule has 5 aromatic rings. The van der Waals surface area contributed by atoms with Crippen molar-refractivity contribution in [2.24, 2.45) is 5.92 Å². The molecule has 14 heteroatoms. The number of aromatic hydroxyl groups is 1. The van der Waals surface area contributed by atoms with Crippen molar-refractivity contribution in [3.8, 4) is 11.5 Å². The van der Waals surface area contributed by atoms with E-state index in [-0.39, 0.29) is 55.8 Å². The molecule has 5 amide bonds. The predicted molar refractivity (Wildman–Crippen MR) is 293 cm³/mol. The van der Waals surface area contributed by atoms with Crippen LogP contribution in [0.1, 0.15) is 98.9 Å². The molecular weight excluding hydrogens is 945 g/mol. The summed E-state index contributed by atoms with van der Waals surface area (Å²) >= 11 is 0. The zero-order valence-corrected chi connectivity index (χ0v) is 43.8. The van der Waals surface area contributed by atoms with Crippen molar-refractivity contribution in [3.63, 3.8) is 0 Å². The van der Waals surface area contributed by atoms with E-state index >= 15 is 0 Å². The lowest BCUT2D eigenvalue weighted by Crippen LogP contribution is -2.59. The number of amides is 5. The number of carbonyl (C=O) groups is 5. The number of likely N-dealkylation sites (N-methyl/N-ethyl adjacent to an activating group) is 2. The lowest BCUT2D eigenvalue weighted by Gasteiger charge is -2.36. The van der Waals surface area contributed by atoms with E-state index in [1.165, 1.54) is 10.5 Å². The lowest BCUT2D eigenvalue weighted by atomic mass is 9.83. The zero-order valence-electron chi connectivity index (χ0n) is 43.8. The van der Waals surface area contributed by atoms with Crippen molar-refractivity contribution in [2.45, 2.75) is 95.3 Å². The van der Waals surface area contributed by atoms with E-state index in [9.17, 15) is 29.1 Å². The van der Waals surface area contributed by atoms with Gasteiger partial charge in [-0.3, -0.25) is 24.0 Å². The number of rotatable bonds is 24. The zero-order chi connectivity index (χ0) is 53.1. The third kappa shape index (κ3) is 14.9. The summed E-state index contributed by atoms with van der Waals surface area (Å²) in [6.45, 7) is 4.69. The average molecular weight is 1020 g/mol. The second-order valence-corrected chi connectivity index (χ2v) is 19.5. The van der Waals surface area contributed by atoms with Gasteiger partial charge in [0.1, 0.15) is 42.8 Å². The van der Waals surface area contributed by atoms with Gasteiger partial charge in [-0.2, -0.15) is 0 Å². The Bertz CT molecular complexity index is 2620. The fourth-order valence-electron chi connectivity index (χ4n) is 10.3. The van der Waals surface area contributed by atoms with Crippen molar-refractivity contribution < 1.29 is 38.6 Å². The molecule has 7 rings (SSSR count). The molecule has 0 bridgehead atoms. The van der Waals surface area contributed by atoms with E-state index in [0.29, 0.717) is 31.7 Å². The lowest BCUT2D eigenvalue weighted by molar-refractivity contribution is -0.143. The summed E-state index contributed by atoms with van der Waals surface area (Å²) in [5.41, 5.74) is 7.00. The molecule has 2 aliphatic rings. The Morgan fingerprint density at radius 1 is 0.707 bits per heavy atom. The largest absolute Gasteiger partial charge is 0.508 e. The predicted octanol–water partition coefficient (Wildman–Crippen LogP) is 7.71. The first-order chi connectivity index (χ1) is 36.5. The Morgan fingerprint density at radius 3 is 1.91 bits per heavy atom. The molecule has 1 saturated heterocycles. The topological polar surface area (TPSA) is 179 Å². The molecule has 1 saturated carbocycles. The maximum Gasteiger partial charge on any atom is 0.248 e. The average Bonchev–Trinajstić information content (AvgIpc) is 3.95. The van der Waals surface area contributed by atoms with Crippen LogP contribution in [0.5, 0.6) is 11.5 Å². The molecule has 5 aromatic carbocycles. The van der Waals surface area contributed by atoms with Crippen LogP contribution in [0.15, 0.2) is 140 Å². The van der Waals surface area contributed by atoms with Crippen LogP contribution < -0.4 is 26.0 Å². The summed E-state index contributed by atoms with van der Waals surface area (Å²) < 4.78 is 11.8. The fraction of sp³-hybridized carbons (Fsp3) is 0.393. The van der Waals surface area contributed by atoms with E-state index in [1.807, 2.05) is 115 Å². The molecule has 1 aliphatic carbocycles. The third-order valence-corrected chi connectivity index (χ3v) is 14.5. The van der Waals surface area contributed by atoms with Crippen molar-refractivity contribution >= 4 is 40.7 Å². The van der Waals surface area contributed by atoms with Gasteiger partial charge in [0, 0.05) is 26.1 Å². The Kier molecular flexibility index (Phi) is 20.6. The van der Waals surface area contributed by atoms with Crippen LogP contribution in [0.4, 0.5) is 0 Å². The van der Waals surface area contributed by atoms with Gasteiger partial charge in [-0.25, -0.2) is 0 Å². The van der Waals surface area contributed by atoms with E-state index in [1.54, 1.807) is 38.1 Å². The standard InChI is InChI=1S/C61H74N6O8/c1-5-51(43-19-10-6-11-20-43)54(46-28-32-49(68)33-29-46)47-30-34-50(35-31-47)75-40-38-66(4)53(69)41-74-39-36-63-60(72)57(55(44-21-12-7-13-22-44)45-23-14-8-15-24-45)65-59(71)52-27-18-37-67(52)61(73)56(48-25-16-9-17-26-48)64-58(70)42(2)62-3/h6-8,10-15,19-24,28-35,42,48,52,55-57,62,68H,5,9,16-18,25-27,36-41H2,1-4H3,(H,63,72)(H,64,70)(H,65,71)/b54-51-/t42-,52-,56-,57-/m0/s1. The van der Waals surface area contributed by atoms with Crippen LogP contribution in [0.25, 0.3) is 11.1 Å². The van der Waals surface area contributed by atoms with E-state index in [2.05, 4.69) is 40.3 Å². The number of ether oxygens (including phenoxy) is 2. The second kappa shape index (κ2) is 27.8. The van der Waals surface area contributed by atoms with E-state index < -0.39 is 41.9 Å². The monoisotopic (exact) mass is 1020 g/mol. The minimum Gasteiger partial charge on any atom is -0.508 e. The van der Waals surface area contributed by atoms with Gasteiger partial charge >= 0.3 is 0 Å². The maximum atomic E-state index is 14.6. The van der Waals surface area contributed by atoms with Gasteiger partial charge in [-0.15, -0.1) is 0 Å². The summed E-state index contributed by atoms with van der Waals surface area (Å²) in [6.07, 6.45) is 6.47. The van der Waals surface area contributed by atoms with Crippen molar-refractivity contribution in [1.29, 1.82) is 0 Å². The van der Waals surface area contributed by atoms with E-state index in [4.69, 9.17) is 9.47 Å². The molecule has 0 aromatic heterocycles. The van der Waals surface area contributed by atoms with Crippen molar-refractivity contribution in [1.82, 2.24) is 31.1 Å². The van der Waals surface area contributed by atoms with Gasteiger partial charge in [0.2, 0.25) is 29.5 Å². The first-order valence-electron chi connectivity index (χ1n) is 26.6. The Balaban J connectivity index is 0.955. The molecule has 5 N–H and O–H groups in total.